The molecule has 1 aromatic rings. The molecule has 0 heterocycles. The molecule has 1 aromatic carbocycles. The van der Waals surface area contributed by atoms with Crippen molar-refractivity contribution in [2.45, 2.75) is 33.2 Å². The minimum atomic E-state index is -0.195. The highest BCUT2D eigenvalue weighted by Gasteiger charge is 2.16. The molecule has 1 nitrogen and oxygen atoms in total. The van der Waals surface area contributed by atoms with E-state index in [1.807, 2.05) is 19.9 Å². The highest BCUT2D eigenvalue weighted by Crippen LogP contribution is 2.24. The Kier molecular flexibility index (Phi) is 3.64. The Morgan fingerprint density at radius 3 is 2.64 bits per heavy atom. The van der Waals surface area contributed by atoms with Gasteiger partial charge in [0.15, 0.2) is 0 Å². The molecule has 2 N–H and O–H groups in total. The molecule has 1 unspecified atom stereocenters. The van der Waals surface area contributed by atoms with Crippen molar-refractivity contribution in [3.63, 3.8) is 0 Å². The van der Waals surface area contributed by atoms with Crippen LogP contribution in [-0.2, 0) is 0 Å². The van der Waals surface area contributed by atoms with Gasteiger partial charge in [0.05, 0.1) is 0 Å². The standard InChI is InChI=1S/C12H18FN/c1-4-9(3)12(14)10-7-8(2)5-6-11(10)13/h5-7,9,12H,4,14H2,1-3H3/t9?,12-/m0/s1. The lowest BCUT2D eigenvalue weighted by Gasteiger charge is -2.19. The minimum absolute atomic E-state index is 0.191. The molecule has 2 atom stereocenters. The Morgan fingerprint density at radius 1 is 1.43 bits per heavy atom. The summed E-state index contributed by atoms with van der Waals surface area (Å²) in [5, 5.41) is 0. The fourth-order valence-corrected chi connectivity index (χ4v) is 1.48. The Bertz CT molecular complexity index is 309. The maximum atomic E-state index is 13.4. The number of aryl methyl sites for hydroxylation is 1. The van der Waals surface area contributed by atoms with Crippen LogP contribution in [-0.4, -0.2) is 0 Å². The Hall–Kier alpha value is -0.890. The molecule has 0 fully saturated rings. The fraction of sp³-hybridized carbons (Fsp3) is 0.500. The second-order valence-corrected chi connectivity index (χ2v) is 3.94. The highest BCUT2D eigenvalue weighted by atomic mass is 19.1. The van der Waals surface area contributed by atoms with Crippen molar-refractivity contribution in [2.75, 3.05) is 0 Å². The summed E-state index contributed by atoms with van der Waals surface area (Å²) in [5.74, 6) is 0.120. The predicted molar refractivity (Wildman–Crippen MR) is 57.5 cm³/mol. The molecule has 1 rings (SSSR count). The lowest BCUT2D eigenvalue weighted by molar-refractivity contribution is 0.439. The van der Waals surface area contributed by atoms with Crippen molar-refractivity contribution < 1.29 is 4.39 Å². The topological polar surface area (TPSA) is 26.0 Å². The maximum Gasteiger partial charge on any atom is 0.127 e. The number of benzene rings is 1. The molecule has 0 saturated carbocycles. The Balaban J connectivity index is 2.99. The van der Waals surface area contributed by atoms with E-state index in [4.69, 9.17) is 5.73 Å². The normalized spacial score (nSPS) is 15.2. The molecule has 14 heavy (non-hydrogen) atoms. The third-order valence-electron chi connectivity index (χ3n) is 2.77. The van der Waals surface area contributed by atoms with E-state index in [1.54, 1.807) is 6.07 Å². The zero-order valence-electron chi connectivity index (χ0n) is 9.05. The van der Waals surface area contributed by atoms with Gasteiger partial charge in [-0.2, -0.15) is 0 Å². The van der Waals surface area contributed by atoms with Gasteiger partial charge in [-0.25, -0.2) is 4.39 Å². The van der Waals surface area contributed by atoms with Gasteiger partial charge in [-0.15, -0.1) is 0 Å². The van der Waals surface area contributed by atoms with E-state index in [1.165, 1.54) is 6.07 Å². The van der Waals surface area contributed by atoms with Gasteiger partial charge in [0.1, 0.15) is 5.82 Å². The number of nitrogens with two attached hydrogens (primary N) is 1. The summed E-state index contributed by atoms with van der Waals surface area (Å²) in [6.07, 6.45) is 0.967. The maximum absolute atomic E-state index is 13.4. The average molecular weight is 195 g/mol. The molecule has 0 aliphatic carbocycles. The monoisotopic (exact) mass is 195 g/mol. The van der Waals surface area contributed by atoms with Crippen molar-refractivity contribution in [3.05, 3.63) is 35.1 Å². The summed E-state index contributed by atoms with van der Waals surface area (Å²) in [5.41, 5.74) is 7.67. The van der Waals surface area contributed by atoms with E-state index in [2.05, 4.69) is 6.92 Å². The van der Waals surface area contributed by atoms with Crippen molar-refractivity contribution in [3.8, 4) is 0 Å². The zero-order chi connectivity index (χ0) is 10.7. The van der Waals surface area contributed by atoms with Crippen LogP contribution in [0, 0.1) is 18.7 Å². The van der Waals surface area contributed by atoms with E-state index in [0.29, 0.717) is 11.5 Å². The summed E-state index contributed by atoms with van der Waals surface area (Å²) in [6.45, 7) is 6.07. The molecular formula is C12H18FN. The first-order valence-electron chi connectivity index (χ1n) is 5.08. The summed E-state index contributed by atoms with van der Waals surface area (Å²) in [4.78, 5) is 0. The van der Waals surface area contributed by atoms with Crippen LogP contribution in [0.4, 0.5) is 4.39 Å². The van der Waals surface area contributed by atoms with Crippen LogP contribution in [0.3, 0.4) is 0 Å². The predicted octanol–water partition coefficient (Wildman–Crippen LogP) is 3.18. The van der Waals surface area contributed by atoms with Crippen molar-refractivity contribution in [1.29, 1.82) is 0 Å². The molecule has 0 amide bonds. The fourth-order valence-electron chi connectivity index (χ4n) is 1.48. The molecule has 0 spiro atoms. The highest BCUT2D eigenvalue weighted by molar-refractivity contribution is 5.26. The van der Waals surface area contributed by atoms with Gasteiger partial charge in [-0.05, 0) is 18.9 Å². The average Bonchev–Trinajstić information content (AvgIpc) is 2.19. The van der Waals surface area contributed by atoms with Crippen LogP contribution in [0.1, 0.15) is 37.4 Å². The first-order valence-corrected chi connectivity index (χ1v) is 5.08. The molecule has 0 saturated heterocycles. The van der Waals surface area contributed by atoms with Crippen LogP contribution in [0.25, 0.3) is 0 Å². The first kappa shape index (κ1) is 11.2. The van der Waals surface area contributed by atoms with E-state index in [9.17, 15) is 4.39 Å². The SMILES string of the molecule is CCC(C)[C@H](N)c1cc(C)ccc1F. The van der Waals surface area contributed by atoms with Crippen LogP contribution in [0.15, 0.2) is 18.2 Å². The number of hydrogen-bond acceptors (Lipinski definition) is 1. The number of rotatable bonds is 3. The smallest absolute Gasteiger partial charge is 0.127 e. The van der Waals surface area contributed by atoms with Gasteiger partial charge in [-0.3, -0.25) is 0 Å². The molecule has 0 radical (unpaired) electrons. The molecule has 0 aliphatic rings. The molecule has 2 heteroatoms. The van der Waals surface area contributed by atoms with Crippen LogP contribution < -0.4 is 5.73 Å². The van der Waals surface area contributed by atoms with E-state index in [0.717, 1.165) is 12.0 Å². The summed E-state index contributed by atoms with van der Waals surface area (Å²) < 4.78 is 13.4. The van der Waals surface area contributed by atoms with Crippen molar-refractivity contribution >= 4 is 0 Å². The minimum Gasteiger partial charge on any atom is -0.324 e. The van der Waals surface area contributed by atoms with Gasteiger partial charge >= 0.3 is 0 Å². The number of hydrogen-bond donors (Lipinski definition) is 1. The molecular weight excluding hydrogens is 177 g/mol. The van der Waals surface area contributed by atoms with Crippen molar-refractivity contribution in [2.24, 2.45) is 11.7 Å². The van der Waals surface area contributed by atoms with Gasteiger partial charge < -0.3 is 5.73 Å². The zero-order valence-corrected chi connectivity index (χ0v) is 9.05. The second-order valence-electron chi connectivity index (χ2n) is 3.94. The molecule has 78 valence electrons. The summed E-state index contributed by atoms with van der Waals surface area (Å²) in [7, 11) is 0. The Labute approximate surface area is 85.1 Å². The van der Waals surface area contributed by atoms with Crippen LogP contribution >= 0.6 is 0 Å². The number of halogens is 1. The quantitative estimate of drug-likeness (QED) is 0.787. The van der Waals surface area contributed by atoms with Gasteiger partial charge in [-0.1, -0.05) is 38.0 Å². The van der Waals surface area contributed by atoms with E-state index >= 15 is 0 Å². The van der Waals surface area contributed by atoms with Gasteiger partial charge in [0.25, 0.3) is 0 Å². The third-order valence-corrected chi connectivity index (χ3v) is 2.77. The van der Waals surface area contributed by atoms with Gasteiger partial charge in [0, 0.05) is 11.6 Å². The van der Waals surface area contributed by atoms with Crippen LogP contribution in [0.2, 0.25) is 0 Å². The lowest BCUT2D eigenvalue weighted by Crippen LogP contribution is -2.19. The third kappa shape index (κ3) is 2.32. The summed E-state index contributed by atoms with van der Waals surface area (Å²) in [6, 6.07) is 4.90. The largest absolute Gasteiger partial charge is 0.324 e. The molecule has 0 bridgehead atoms. The van der Waals surface area contributed by atoms with E-state index in [-0.39, 0.29) is 11.9 Å². The lowest BCUT2D eigenvalue weighted by atomic mass is 9.92. The van der Waals surface area contributed by atoms with Gasteiger partial charge in [0.2, 0.25) is 0 Å². The summed E-state index contributed by atoms with van der Waals surface area (Å²) >= 11 is 0. The molecule has 0 aliphatic heterocycles. The van der Waals surface area contributed by atoms with E-state index < -0.39 is 0 Å². The first-order chi connectivity index (χ1) is 6.56. The van der Waals surface area contributed by atoms with Crippen molar-refractivity contribution in [1.82, 2.24) is 0 Å². The second kappa shape index (κ2) is 4.56. The van der Waals surface area contributed by atoms with Crippen LogP contribution in [0.5, 0.6) is 0 Å². The molecule has 0 aromatic heterocycles. The Morgan fingerprint density at radius 2 is 2.07 bits per heavy atom.